The Labute approximate surface area is 124 Å². The number of nitrogens with zero attached hydrogens (tertiary/aromatic N) is 3. The van der Waals surface area contributed by atoms with E-state index in [0.717, 1.165) is 17.7 Å². The summed E-state index contributed by atoms with van der Waals surface area (Å²) in [6.45, 7) is 3.99. The molecule has 0 saturated carbocycles. The highest BCUT2D eigenvalue weighted by Gasteiger charge is 2.38. The highest BCUT2D eigenvalue weighted by atomic mass is 16.2. The number of nitrogens with one attached hydrogen (secondary N) is 1. The molecule has 0 radical (unpaired) electrons. The van der Waals surface area contributed by atoms with E-state index in [1.807, 2.05) is 42.2 Å². The fraction of sp³-hybridized carbons (Fsp3) is 0.312. The van der Waals surface area contributed by atoms with E-state index < -0.39 is 0 Å². The molecule has 1 aromatic heterocycles. The maximum atomic E-state index is 12.6. The fourth-order valence-electron chi connectivity index (χ4n) is 2.65. The molecule has 0 bridgehead atoms. The molecule has 2 atom stereocenters. The molecule has 1 amide bonds. The van der Waals surface area contributed by atoms with Crippen LogP contribution in [-0.4, -0.2) is 28.0 Å². The first-order valence-electron chi connectivity index (χ1n) is 7.08. The zero-order valence-corrected chi connectivity index (χ0v) is 12.2. The van der Waals surface area contributed by atoms with Crippen LogP contribution in [0.15, 0.2) is 42.7 Å². The highest BCUT2D eigenvalue weighted by molar-refractivity contribution is 6.01. The first kappa shape index (κ1) is 13.5. The van der Waals surface area contributed by atoms with E-state index in [1.54, 1.807) is 12.4 Å². The summed E-state index contributed by atoms with van der Waals surface area (Å²) in [7, 11) is 0. The van der Waals surface area contributed by atoms with Gasteiger partial charge >= 0.3 is 0 Å². The molecular formula is C16H18N4O. The molecule has 1 saturated heterocycles. The zero-order chi connectivity index (χ0) is 14.8. The molecule has 1 aliphatic heterocycles. The Morgan fingerprint density at radius 3 is 2.52 bits per heavy atom. The van der Waals surface area contributed by atoms with Gasteiger partial charge in [0.25, 0.3) is 0 Å². The van der Waals surface area contributed by atoms with Crippen molar-refractivity contribution in [2.45, 2.75) is 32.4 Å². The van der Waals surface area contributed by atoms with Gasteiger partial charge in [0.15, 0.2) is 0 Å². The van der Waals surface area contributed by atoms with Gasteiger partial charge in [0.05, 0.1) is 0 Å². The van der Waals surface area contributed by atoms with Gasteiger partial charge in [0.1, 0.15) is 6.04 Å². The third kappa shape index (κ3) is 2.72. The number of rotatable bonds is 3. The second-order valence-corrected chi connectivity index (χ2v) is 5.41. The van der Waals surface area contributed by atoms with E-state index in [9.17, 15) is 4.79 Å². The molecule has 108 valence electrons. The summed E-state index contributed by atoms with van der Waals surface area (Å²) in [6.07, 6.45) is 4.23. The van der Waals surface area contributed by atoms with E-state index in [-0.39, 0.29) is 18.0 Å². The summed E-state index contributed by atoms with van der Waals surface area (Å²) < 4.78 is 0. The Morgan fingerprint density at radius 2 is 1.86 bits per heavy atom. The van der Waals surface area contributed by atoms with Crippen molar-refractivity contribution >= 4 is 17.5 Å². The predicted octanol–water partition coefficient (Wildman–Crippen LogP) is 2.39. The third-order valence-corrected chi connectivity index (χ3v) is 3.67. The van der Waals surface area contributed by atoms with Crippen molar-refractivity contribution in [3.8, 4) is 0 Å². The Morgan fingerprint density at radius 1 is 1.19 bits per heavy atom. The second-order valence-electron chi connectivity index (χ2n) is 5.41. The number of aromatic nitrogens is 2. The Hall–Kier alpha value is -2.43. The van der Waals surface area contributed by atoms with Crippen molar-refractivity contribution in [2.24, 2.45) is 0 Å². The Bertz CT molecular complexity index is 626. The standard InChI is InChI=1S/C16H18N4O/c1-11-9-17-16(18-10-11)19-14-8-12(2)20(15(14)21)13-6-4-3-5-7-13/h3-7,9-10,12,14H,8H2,1-2H3,(H,17,18,19). The molecule has 0 spiro atoms. The molecule has 0 aliphatic carbocycles. The van der Waals surface area contributed by atoms with Crippen LogP contribution < -0.4 is 10.2 Å². The number of carbonyl (C=O) groups is 1. The molecule has 3 rings (SSSR count). The fourth-order valence-corrected chi connectivity index (χ4v) is 2.65. The van der Waals surface area contributed by atoms with Gasteiger partial charge in [-0.15, -0.1) is 0 Å². The smallest absolute Gasteiger partial charge is 0.249 e. The van der Waals surface area contributed by atoms with Crippen molar-refractivity contribution in [1.29, 1.82) is 0 Å². The minimum absolute atomic E-state index is 0.0675. The van der Waals surface area contributed by atoms with Crippen LogP contribution in [0.5, 0.6) is 0 Å². The summed E-state index contributed by atoms with van der Waals surface area (Å²) in [6, 6.07) is 9.63. The van der Waals surface area contributed by atoms with Gasteiger partial charge in [0, 0.05) is 24.1 Å². The van der Waals surface area contributed by atoms with Crippen molar-refractivity contribution in [3.63, 3.8) is 0 Å². The maximum absolute atomic E-state index is 12.6. The van der Waals surface area contributed by atoms with E-state index >= 15 is 0 Å². The lowest BCUT2D eigenvalue weighted by Gasteiger charge is -2.21. The zero-order valence-electron chi connectivity index (χ0n) is 12.2. The summed E-state index contributed by atoms with van der Waals surface area (Å²) in [5.74, 6) is 0.568. The maximum Gasteiger partial charge on any atom is 0.249 e. The SMILES string of the molecule is Cc1cnc(NC2CC(C)N(c3ccccc3)C2=O)nc1. The van der Waals surface area contributed by atoms with Crippen LogP contribution in [0.25, 0.3) is 0 Å². The normalized spacial score (nSPS) is 21.6. The third-order valence-electron chi connectivity index (χ3n) is 3.67. The van der Waals surface area contributed by atoms with Gasteiger partial charge in [-0.25, -0.2) is 9.97 Å². The molecule has 21 heavy (non-hydrogen) atoms. The summed E-state index contributed by atoms with van der Waals surface area (Å²) >= 11 is 0. The molecular weight excluding hydrogens is 264 g/mol. The van der Waals surface area contributed by atoms with Crippen LogP contribution in [0.3, 0.4) is 0 Å². The monoisotopic (exact) mass is 282 g/mol. The average molecular weight is 282 g/mol. The second kappa shape index (κ2) is 5.52. The van der Waals surface area contributed by atoms with Crippen molar-refractivity contribution in [1.82, 2.24) is 9.97 Å². The number of hydrogen-bond donors (Lipinski definition) is 1. The van der Waals surface area contributed by atoms with Crippen LogP contribution in [-0.2, 0) is 4.79 Å². The van der Waals surface area contributed by atoms with Crippen LogP contribution in [0.2, 0.25) is 0 Å². The lowest BCUT2D eigenvalue weighted by molar-refractivity contribution is -0.117. The molecule has 5 nitrogen and oxygen atoms in total. The van der Waals surface area contributed by atoms with Gasteiger partial charge in [-0.1, -0.05) is 18.2 Å². The number of hydrogen-bond acceptors (Lipinski definition) is 4. The molecule has 1 aliphatic rings. The molecule has 1 N–H and O–H groups in total. The largest absolute Gasteiger partial charge is 0.342 e. The first-order chi connectivity index (χ1) is 10.1. The number of aryl methyl sites for hydroxylation is 1. The van der Waals surface area contributed by atoms with Crippen LogP contribution >= 0.6 is 0 Å². The number of para-hydroxylation sites is 1. The quantitative estimate of drug-likeness (QED) is 0.939. The molecule has 1 fully saturated rings. The average Bonchev–Trinajstić information content (AvgIpc) is 2.77. The van der Waals surface area contributed by atoms with E-state index in [0.29, 0.717) is 5.95 Å². The van der Waals surface area contributed by atoms with Gasteiger partial charge in [-0.2, -0.15) is 0 Å². The van der Waals surface area contributed by atoms with Crippen LogP contribution in [0, 0.1) is 6.92 Å². The number of carbonyl (C=O) groups excluding carboxylic acids is 1. The summed E-state index contributed by atoms with van der Waals surface area (Å²) in [5.41, 5.74) is 1.93. The van der Waals surface area contributed by atoms with Gasteiger partial charge in [-0.3, -0.25) is 4.79 Å². The van der Waals surface area contributed by atoms with Crippen molar-refractivity contribution in [3.05, 3.63) is 48.3 Å². The molecule has 5 heteroatoms. The molecule has 2 heterocycles. The Kier molecular flexibility index (Phi) is 3.56. The van der Waals surface area contributed by atoms with Gasteiger partial charge in [0.2, 0.25) is 11.9 Å². The summed E-state index contributed by atoms with van der Waals surface area (Å²) in [4.78, 5) is 22.8. The summed E-state index contributed by atoms with van der Waals surface area (Å²) in [5, 5.41) is 3.13. The van der Waals surface area contributed by atoms with E-state index in [1.165, 1.54) is 0 Å². The van der Waals surface area contributed by atoms with E-state index in [4.69, 9.17) is 0 Å². The van der Waals surface area contributed by atoms with Crippen LogP contribution in [0.4, 0.5) is 11.6 Å². The van der Waals surface area contributed by atoms with Crippen molar-refractivity contribution < 1.29 is 4.79 Å². The lowest BCUT2D eigenvalue weighted by atomic mass is 10.2. The topological polar surface area (TPSA) is 58.1 Å². The number of anilines is 2. The molecule has 1 aromatic carbocycles. The predicted molar refractivity (Wildman–Crippen MR) is 82.2 cm³/mol. The number of amides is 1. The molecule has 2 aromatic rings. The van der Waals surface area contributed by atoms with E-state index in [2.05, 4.69) is 22.2 Å². The van der Waals surface area contributed by atoms with Crippen molar-refractivity contribution in [2.75, 3.05) is 10.2 Å². The highest BCUT2D eigenvalue weighted by Crippen LogP contribution is 2.27. The Balaban J connectivity index is 1.77. The molecule has 2 unspecified atom stereocenters. The number of benzene rings is 1. The minimum atomic E-state index is -0.275. The lowest BCUT2D eigenvalue weighted by Crippen LogP contribution is -2.35. The minimum Gasteiger partial charge on any atom is -0.342 e. The first-order valence-corrected chi connectivity index (χ1v) is 7.08. The van der Waals surface area contributed by atoms with Crippen LogP contribution in [0.1, 0.15) is 18.9 Å². The van der Waals surface area contributed by atoms with Gasteiger partial charge < -0.3 is 10.2 Å². The van der Waals surface area contributed by atoms with Gasteiger partial charge in [-0.05, 0) is 38.0 Å².